The van der Waals surface area contributed by atoms with E-state index in [1.807, 2.05) is 12.1 Å². The summed E-state index contributed by atoms with van der Waals surface area (Å²) in [5.41, 5.74) is 10.7. The average molecular weight is 280 g/mol. The molecule has 0 spiro atoms. The Kier molecular flexibility index (Phi) is 4.04. The minimum absolute atomic E-state index is 0.0740. The van der Waals surface area contributed by atoms with Crippen LogP contribution in [0, 0.1) is 0 Å². The van der Waals surface area contributed by atoms with Gasteiger partial charge in [-0.25, -0.2) is 0 Å². The lowest BCUT2D eigenvalue weighted by Gasteiger charge is -2.33. The van der Waals surface area contributed by atoms with Crippen LogP contribution in [-0.4, -0.2) is 16.6 Å². The van der Waals surface area contributed by atoms with Crippen molar-refractivity contribution in [2.24, 2.45) is 5.73 Å². The fraction of sp³-hybridized carbons (Fsp3) is 0.222. The number of rotatable bonds is 4. The molecule has 21 heavy (non-hydrogen) atoms. The highest BCUT2D eigenvalue weighted by Gasteiger charge is 2.19. The average Bonchev–Trinajstić information content (AvgIpc) is 2.56. The first-order chi connectivity index (χ1) is 10.3. The van der Waals surface area contributed by atoms with Crippen molar-refractivity contribution in [3.8, 4) is 0 Å². The third kappa shape index (κ3) is 2.84. The number of fused-ring (bicyclic) bond motifs is 1. The third-order valence-electron chi connectivity index (χ3n) is 4.02. The molecule has 108 valence electrons. The van der Waals surface area contributed by atoms with E-state index in [0.717, 1.165) is 12.1 Å². The second kappa shape index (κ2) is 6.12. The largest absolute Gasteiger partial charge is 0.392 e. The van der Waals surface area contributed by atoms with E-state index in [1.54, 1.807) is 0 Å². The van der Waals surface area contributed by atoms with Crippen LogP contribution in [0.15, 0.2) is 54.7 Å². The highest BCUT2D eigenvalue weighted by Crippen LogP contribution is 2.28. The number of benzene rings is 2. The van der Waals surface area contributed by atoms with Crippen molar-refractivity contribution in [3.63, 3.8) is 0 Å². The Bertz CT molecular complexity index is 634. The van der Waals surface area contributed by atoms with Gasteiger partial charge in [-0.15, -0.1) is 0 Å². The van der Waals surface area contributed by atoms with Crippen LogP contribution in [0.3, 0.4) is 0 Å². The summed E-state index contributed by atoms with van der Waals surface area (Å²) in [4.78, 5) is 2.27. The molecule has 0 fully saturated rings. The second-order valence-corrected chi connectivity index (χ2v) is 5.34. The molecule has 3 N–H and O–H groups in total. The maximum absolute atomic E-state index is 9.14. The summed E-state index contributed by atoms with van der Waals surface area (Å²) in [6.45, 7) is 1.51. The van der Waals surface area contributed by atoms with E-state index in [0.29, 0.717) is 6.54 Å². The van der Waals surface area contributed by atoms with Crippen molar-refractivity contribution in [1.29, 1.82) is 0 Å². The quantitative estimate of drug-likeness (QED) is 0.905. The topological polar surface area (TPSA) is 49.5 Å². The zero-order valence-electron chi connectivity index (χ0n) is 11.9. The highest BCUT2D eigenvalue weighted by molar-refractivity contribution is 5.55. The maximum Gasteiger partial charge on any atom is 0.0681 e. The number of aliphatic hydroxyl groups excluding tert-OH is 1. The molecule has 0 radical (unpaired) electrons. The second-order valence-electron chi connectivity index (χ2n) is 5.34. The van der Waals surface area contributed by atoms with Crippen LogP contribution < -0.4 is 5.73 Å². The molecule has 0 aromatic heterocycles. The number of aliphatic hydroxyl groups is 1. The molecule has 3 nitrogen and oxygen atoms in total. The Labute approximate surface area is 125 Å². The first-order valence-corrected chi connectivity index (χ1v) is 7.23. The Morgan fingerprint density at radius 2 is 1.86 bits per heavy atom. The minimum Gasteiger partial charge on any atom is -0.392 e. The molecule has 0 amide bonds. The zero-order valence-corrected chi connectivity index (χ0v) is 11.9. The predicted octanol–water partition coefficient (Wildman–Crippen LogP) is 2.67. The molecule has 0 saturated carbocycles. The van der Waals surface area contributed by atoms with E-state index in [4.69, 9.17) is 10.8 Å². The van der Waals surface area contributed by atoms with E-state index >= 15 is 0 Å². The van der Waals surface area contributed by atoms with Gasteiger partial charge in [0.15, 0.2) is 0 Å². The summed E-state index contributed by atoms with van der Waals surface area (Å²) in [5.74, 6) is 0. The van der Waals surface area contributed by atoms with Crippen molar-refractivity contribution in [1.82, 2.24) is 4.90 Å². The van der Waals surface area contributed by atoms with Crippen LogP contribution in [0.4, 0.5) is 0 Å². The normalized spacial score (nSPS) is 14.9. The minimum atomic E-state index is 0.0740. The van der Waals surface area contributed by atoms with Crippen LogP contribution in [0.5, 0.6) is 0 Å². The lowest BCUT2D eigenvalue weighted by molar-refractivity contribution is 0.274. The molecule has 0 bridgehead atoms. The van der Waals surface area contributed by atoms with Gasteiger partial charge in [0.25, 0.3) is 0 Å². The third-order valence-corrected chi connectivity index (χ3v) is 4.02. The summed E-state index contributed by atoms with van der Waals surface area (Å²) in [5, 5.41) is 9.14. The number of hydrogen-bond acceptors (Lipinski definition) is 3. The Balaban J connectivity index is 1.84. The number of hydrogen-bond donors (Lipinski definition) is 2. The summed E-state index contributed by atoms with van der Waals surface area (Å²) >= 11 is 0. The van der Waals surface area contributed by atoms with E-state index in [-0.39, 0.29) is 12.6 Å². The molecular weight excluding hydrogens is 260 g/mol. The fourth-order valence-electron chi connectivity index (χ4n) is 2.79. The first kappa shape index (κ1) is 13.9. The van der Waals surface area contributed by atoms with Crippen LogP contribution in [0.1, 0.15) is 28.3 Å². The Morgan fingerprint density at radius 3 is 2.57 bits per heavy atom. The highest BCUT2D eigenvalue weighted by atomic mass is 16.3. The SMILES string of the molecule is NC[C@H](c1ccc(CO)cc1)N1C=Cc2ccccc2C1. The van der Waals surface area contributed by atoms with Gasteiger partial charge in [-0.2, -0.15) is 0 Å². The molecule has 1 atom stereocenters. The van der Waals surface area contributed by atoms with Crippen molar-refractivity contribution in [2.75, 3.05) is 6.54 Å². The number of nitrogens with two attached hydrogens (primary N) is 1. The van der Waals surface area contributed by atoms with E-state index in [9.17, 15) is 0 Å². The molecule has 1 heterocycles. The van der Waals surface area contributed by atoms with Gasteiger partial charge in [-0.1, -0.05) is 48.5 Å². The first-order valence-electron chi connectivity index (χ1n) is 7.23. The zero-order chi connectivity index (χ0) is 14.7. The lowest BCUT2D eigenvalue weighted by atomic mass is 9.99. The molecule has 3 rings (SSSR count). The van der Waals surface area contributed by atoms with Gasteiger partial charge >= 0.3 is 0 Å². The fourth-order valence-corrected chi connectivity index (χ4v) is 2.79. The van der Waals surface area contributed by atoms with Gasteiger partial charge in [-0.3, -0.25) is 0 Å². The number of nitrogens with zero attached hydrogens (tertiary/aromatic N) is 1. The van der Waals surface area contributed by atoms with Gasteiger partial charge in [0, 0.05) is 19.3 Å². The molecule has 0 saturated heterocycles. The molecule has 1 aliphatic rings. The van der Waals surface area contributed by atoms with Gasteiger partial charge in [0.2, 0.25) is 0 Å². The van der Waals surface area contributed by atoms with Crippen molar-refractivity contribution >= 4 is 6.08 Å². The molecule has 1 aliphatic heterocycles. The lowest BCUT2D eigenvalue weighted by Crippen LogP contribution is -2.30. The van der Waals surface area contributed by atoms with Crippen molar-refractivity contribution < 1.29 is 5.11 Å². The molecule has 2 aromatic carbocycles. The molecule has 0 unspecified atom stereocenters. The van der Waals surface area contributed by atoms with Gasteiger partial charge < -0.3 is 15.7 Å². The van der Waals surface area contributed by atoms with Gasteiger partial charge in [-0.05, 0) is 28.3 Å². The monoisotopic (exact) mass is 280 g/mol. The van der Waals surface area contributed by atoms with Crippen LogP contribution in [0.25, 0.3) is 6.08 Å². The van der Waals surface area contributed by atoms with Crippen LogP contribution in [-0.2, 0) is 13.2 Å². The molecule has 0 aliphatic carbocycles. The summed E-state index contributed by atoms with van der Waals surface area (Å²) in [7, 11) is 0. The Hall–Kier alpha value is -2.10. The van der Waals surface area contributed by atoms with Crippen molar-refractivity contribution in [3.05, 3.63) is 77.0 Å². The predicted molar refractivity (Wildman–Crippen MR) is 85.2 cm³/mol. The summed E-state index contributed by atoms with van der Waals surface area (Å²) in [6.07, 6.45) is 4.27. The summed E-state index contributed by atoms with van der Waals surface area (Å²) < 4.78 is 0. The Morgan fingerprint density at radius 1 is 1.10 bits per heavy atom. The standard InChI is InChI=1S/C18H20N2O/c19-11-18(16-7-5-14(13-21)6-8-16)20-10-9-15-3-1-2-4-17(15)12-20/h1-10,18,21H,11-13,19H2/t18-/m1/s1. The molecular formula is C18H20N2O. The van der Waals surface area contributed by atoms with Gasteiger partial charge in [0.05, 0.1) is 12.6 Å². The summed E-state index contributed by atoms with van der Waals surface area (Å²) in [6, 6.07) is 16.6. The van der Waals surface area contributed by atoms with Crippen LogP contribution in [0.2, 0.25) is 0 Å². The van der Waals surface area contributed by atoms with Gasteiger partial charge in [0.1, 0.15) is 0 Å². The van der Waals surface area contributed by atoms with E-state index < -0.39 is 0 Å². The molecule has 2 aromatic rings. The smallest absolute Gasteiger partial charge is 0.0681 e. The van der Waals surface area contributed by atoms with E-state index in [1.165, 1.54) is 16.7 Å². The molecule has 3 heteroatoms. The van der Waals surface area contributed by atoms with Crippen LogP contribution >= 0.6 is 0 Å². The maximum atomic E-state index is 9.14. The van der Waals surface area contributed by atoms with Crippen molar-refractivity contribution in [2.45, 2.75) is 19.2 Å². The van der Waals surface area contributed by atoms with E-state index in [2.05, 4.69) is 53.6 Å².